The molecule has 0 aliphatic heterocycles. The first-order valence-corrected chi connectivity index (χ1v) is 30.8. The van der Waals surface area contributed by atoms with Crippen LogP contribution in [0.1, 0.15) is 316 Å². The van der Waals surface area contributed by atoms with Crippen LogP contribution < -0.4 is 0 Å². The van der Waals surface area contributed by atoms with Crippen LogP contribution in [0.25, 0.3) is 0 Å². The predicted octanol–water partition coefficient (Wildman–Crippen LogP) is 21.2. The Morgan fingerprint density at radius 2 is 0.600 bits per heavy atom. The molecule has 0 aliphatic carbocycles. The molecule has 0 rings (SSSR count). The van der Waals surface area contributed by atoms with Gasteiger partial charge in [0.25, 0.3) is 0 Å². The monoisotopic (exact) mass is 979 g/mol. The highest BCUT2D eigenvalue weighted by Crippen LogP contribution is 2.16. The molecule has 5 nitrogen and oxygen atoms in total. The van der Waals surface area contributed by atoms with Gasteiger partial charge in [-0.15, -0.1) is 0 Å². The summed E-state index contributed by atoms with van der Waals surface area (Å²) in [7, 11) is 0. The molecule has 0 bridgehead atoms. The summed E-state index contributed by atoms with van der Waals surface area (Å²) in [6.07, 6.45) is 78.2. The zero-order chi connectivity index (χ0) is 50.6. The molecule has 0 N–H and O–H groups in total. The van der Waals surface area contributed by atoms with Crippen LogP contribution >= 0.6 is 0 Å². The molecule has 0 spiro atoms. The second kappa shape index (κ2) is 60.9. The molecule has 0 saturated carbocycles. The average molecular weight is 980 g/mol. The Kier molecular flexibility index (Phi) is 58.8. The molecule has 0 radical (unpaired) electrons. The van der Waals surface area contributed by atoms with Crippen molar-refractivity contribution in [1.29, 1.82) is 0 Å². The first-order chi connectivity index (χ1) is 34.6. The first kappa shape index (κ1) is 67.6. The lowest BCUT2D eigenvalue weighted by molar-refractivity contribution is -0.163. The van der Waals surface area contributed by atoms with E-state index in [9.17, 15) is 9.59 Å². The number of allylic oxidation sites excluding steroid dienone is 10. The van der Waals surface area contributed by atoms with E-state index in [1.807, 2.05) is 0 Å². The lowest BCUT2D eigenvalue weighted by atomic mass is 10.0. The van der Waals surface area contributed by atoms with Gasteiger partial charge in [-0.1, -0.05) is 274 Å². The van der Waals surface area contributed by atoms with Gasteiger partial charge in [0.2, 0.25) is 0 Å². The van der Waals surface area contributed by atoms with E-state index in [0.717, 1.165) is 70.6 Å². The van der Waals surface area contributed by atoms with E-state index in [1.165, 1.54) is 212 Å². The molecule has 1 unspecified atom stereocenters. The second-order valence-electron chi connectivity index (χ2n) is 20.6. The Morgan fingerprint density at radius 1 is 0.314 bits per heavy atom. The molecule has 5 heteroatoms. The Bertz CT molecular complexity index is 1200. The Morgan fingerprint density at radius 3 is 0.986 bits per heavy atom. The van der Waals surface area contributed by atoms with Crippen molar-refractivity contribution in [2.75, 3.05) is 19.8 Å². The molecule has 408 valence electrons. The van der Waals surface area contributed by atoms with Crippen LogP contribution in [0.3, 0.4) is 0 Å². The van der Waals surface area contributed by atoms with E-state index in [4.69, 9.17) is 14.2 Å². The van der Waals surface area contributed by atoms with Crippen LogP contribution in [0.15, 0.2) is 60.8 Å². The number of ether oxygens (including phenoxy) is 3. The number of rotatable bonds is 57. The van der Waals surface area contributed by atoms with Gasteiger partial charge < -0.3 is 14.2 Å². The summed E-state index contributed by atoms with van der Waals surface area (Å²) in [5.74, 6) is -0.405. The van der Waals surface area contributed by atoms with Crippen LogP contribution in [-0.4, -0.2) is 37.9 Å². The first-order valence-electron chi connectivity index (χ1n) is 30.8. The largest absolute Gasteiger partial charge is 0.462 e. The van der Waals surface area contributed by atoms with Crippen LogP contribution in [0.5, 0.6) is 0 Å². The van der Waals surface area contributed by atoms with Crippen molar-refractivity contribution >= 4 is 11.9 Å². The fraction of sp³-hybridized carbons (Fsp3) is 0.815. The molecular formula is C65H118O5. The Labute approximate surface area is 436 Å². The van der Waals surface area contributed by atoms with Gasteiger partial charge in [0, 0.05) is 19.4 Å². The van der Waals surface area contributed by atoms with E-state index >= 15 is 0 Å². The topological polar surface area (TPSA) is 61.8 Å². The van der Waals surface area contributed by atoms with Crippen molar-refractivity contribution in [2.45, 2.75) is 322 Å². The quantitative estimate of drug-likeness (QED) is 0.0345. The van der Waals surface area contributed by atoms with Crippen molar-refractivity contribution in [1.82, 2.24) is 0 Å². The van der Waals surface area contributed by atoms with Crippen molar-refractivity contribution in [3.63, 3.8) is 0 Å². The highest BCUT2D eigenvalue weighted by molar-refractivity contribution is 5.70. The minimum atomic E-state index is -0.546. The van der Waals surface area contributed by atoms with Gasteiger partial charge in [-0.05, 0) is 89.9 Å². The molecule has 0 fully saturated rings. The molecule has 70 heavy (non-hydrogen) atoms. The third kappa shape index (κ3) is 58.2. The third-order valence-corrected chi connectivity index (χ3v) is 13.5. The molecule has 0 aromatic heterocycles. The zero-order valence-electron chi connectivity index (χ0n) is 47.0. The lowest BCUT2D eigenvalue weighted by Gasteiger charge is -2.18. The molecule has 0 amide bonds. The van der Waals surface area contributed by atoms with Gasteiger partial charge in [-0.2, -0.15) is 0 Å². The van der Waals surface area contributed by atoms with Crippen LogP contribution in [0.2, 0.25) is 0 Å². The fourth-order valence-electron chi connectivity index (χ4n) is 8.90. The van der Waals surface area contributed by atoms with E-state index in [0.29, 0.717) is 19.4 Å². The maximum Gasteiger partial charge on any atom is 0.306 e. The third-order valence-electron chi connectivity index (χ3n) is 13.5. The van der Waals surface area contributed by atoms with Gasteiger partial charge >= 0.3 is 11.9 Å². The zero-order valence-corrected chi connectivity index (χ0v) is 47.0. The van der Waals surface area contributed by atoms with Crippen molar-refractivity contribution < 1.29 is 23.8 Å². The molecule has 1 atom stereocenters. The lowest BCUT2D eigenvalue weighted by Crippen LogP contribution is -2.30. The number of unbranched alkanes of at least 4 members (excludes halogenated alkanes) is 36. The molecular weight excluding hydrogens is 861 g/mol. The maximum absolute atomic E-state index is 12.9. The van der Waals surface area contributed by atoms with Crippen LogP contribution in [0, 0.1) is 0 Å². The number of hydrogen-bond acceptors (Lipinski definition) is 5. The van der Waals surface area contributed by atoms with Crippen molar-refractivity contribution in [3.8, 4) is 0 Å². The summed E-state index contributed by atoms with van der Waals surface area (Å²) in [5, 5.41) is 0. The second-order valence-corrected chi connectivity index (χ2v) is 20.6. The van der Waals surface area contributed by atoms with E-state index in [2.05, 4.69) is 81.5 Å². The molecule has 0 saturated heterocycles. The standard InChI is InChI=1S/C65H118O5/c1-4-7-10-13-16-19-22-25-28-31-33-35-37-40-43-46-49-52-55-58-64(66)69-62-63(61-68-60-57-54-51-48-45-42-39-36-32-29-26-23-20-17-14-11-8-5-2)70-65(67)59-56-53-50-47-44-41-38-34-30-27-24-21-18-15-12-9-6-3/h16,18-19,21,25,27-28,30,33,35,63H,4-15,17,20,22-24,26,29,31-32,34,36-62H2,1-3H3/b19-16-,21-18-,28-25-,30-27-,35-33-. The molecule has 0 heterocycles. The van der Waals surface area contributed by atoms with Crippen molar-refractivity contribution in [3.05, 3.63) is 60.8 Å². The van der Waals surface area contributed by atoms with Gasteiger partial charge in [-0.3, -0.25) is 9.59 Å². The maximum atomic E-state index is 12.9. The fourth-order valence-corrected chi connectivity index (χ4v) is 8.90. The number of esters is 2. The predicted molar refractivity (Wildman–Crippen MR) is 307 cm³/mol. The van der Waals surface area contributed by atoms with Crippen molar-refractivity contribution in [2.24, 2.45) is 0 Å². The van der Waals surface area contributed by atoms with Gasteiger partial charge in [-0.25, -0.2) is 0 Å². The highest BCUT2D eigenvalue weighted by Gasteiger charge is 2.17. The summed E-state index contributed by atoms with van der Waals surface area (Å²) >= 11 is 0. The summed E-state index contributed by atoms with van der Waals surface area (Å²) in [6, 6.07) is 0. The number of carbonyl (C=O) groups is 2. The summed E-state index contributed by atoms with van der Waals surface area (Å²) in [6.45, 7) is 7.81. The van der Waals surface area contributed by atoms with E-state index in [-0.39, 0.29) is 25.2 Å². The SMILES string of the molecule is CCCCC/C=C\C/C=C\C/C=C\CCCCCCCCC(=O)OCC(COCCCCCCCCCCCCCCCCCCCC)OC(=O)CCCCCCCCC/C=C\C/C=C\CCCCC. The summed E-state index contributed by atoms with van der Waals surface area (Å²) in [5.41, 5.74) is 0. The Balaban J connectivity index is 4.29. The van der Waals surface area contributed by atoms with E-state index in [1.54, 1.807) is 0 Å². The normalized spacial score (nSPS) is 12.6. The number of carbonyl (C=O) groups excluding carboxylic acids is 2. The van der Waals surface area contributed by atoms with E-state index < -0.39 is 6.10 Å². The van der Waals surface area contributed by atoms with Crippen LogP contribution in [0.4, 0.5) is 0 Å². The van der Waals surface area contributed by atoms with Crippen LogP contribution in [-0.2, 0) is 23.8 Å². The Hall–Kier alpha value is -2.40. The molecule has 0 aromatic rings. The van der Waals surface area contributed by atoms with Gasteiger partial charge in [0.1, 0.15) is 6.61 Å². The highest BCUT2D eigenvalue weighted by atomic mass is 16.6. The van der Waals surface area contributed by atoms with Gasteiger partial charge in [0.05, 0.1) is 6.61 Å². The summed E-state index contributed by atoms with van der Waals surface area (Å²) < 4.78 is 17.5. The smallest absolute Gasteiger partial charge is 0.306 e. The number of hydrogen-bond donors (Lipinski definition) is 0. The minimum Gasteiger partial charge on any atom is -0.462 e. The van der Waals surface area contributed by atoms with Gasteiger partial charge in [0.15, 0.2) is 6.10 Å². The summed E-state index contributed by atoms with van der Waals surface area (Å²) in [4.78, 5) is 25.6. The average Bonchev–Trinajstić information content (AvgIpc) is 3.36. The molecule has 0 aliphatic rings. The molecule has 0 aromatic carbocycles. The minimum absolute atomic E-state index is 0.0775.